The number of methoxy groups -OCH3 is 2. The summed E-state index contributed by atoms with van der Waals surface area (Å²) in [5, 5.41) is 3.57. The van der Waals surface area contributed by atoms with Crippen LogP contribution in [0, 0.1) is 0 Å². The average molecular weight is 299 g/mol. The summed E-state index contributed by atoms with van der Waals surface area (Å²) in [4.78, 5) is 0. The minimum absolute atomic E-state index is 0.461. The second kappa shape index (κ2) is 8.44. The van der Waals surface area contributed by atoms with Crippen LogP contribution >= 0.6 is 0 Å². The van der Waals surface area contributed by atoms with E-state index in [-0.39, 0.29) is 0 Å². The van der Waals surface area contributed by atoms with Gasteiger partial charge in [-0.3, -0.25) is 0 Å². The smallest absolute Gasteiger partial charge is 0.160 e. The highest BCUT2D eigenvalue weighted by Gasteiger charge is 2.06. The topological polar surface area (TPSA) is 30.5 Å². The molecule has 3 heteroatoms. The molecule has 0 aliphatic rings. The molecular formula is C19H25NO2. The van der Waals surface area contributed by atoms with Gasteiger partial charge in [-0.05, 0) is 49.6 Å². The summed E-state index contributed by atoms with van der Waals surface area (Å²) < 4.78 is 10.6. The van der Waals surface area contributed by atoms with Crippen molar-refractivity contribution in [3.05, 3.63) is 59.7 Å². The minimum Gasteiger partial charge on any atom is -0.493 e. The molecule has 0 radical (unpaired) electrons. The molecule has 0 saturated carbocycles. The van der Waals surface area contributed by atoms with Gasteiger partial charge in [-0.15, -0.1) is 0 Å². The molecule has 0 heterocycles. The van der Waals surface area contributed by atoms with Gasteiger partial charge in [0.1, 0.15) is 0 Å². The summed E-state index contributed by atoms with van der Waals surface area (Å²) in [6.45, 7) is 3.17. The number of hydrogen-bond donors (Lipinski definition) is 1. The predicted molar refractivity (Wildman–Crippen MR) is 90.9 cm³/mol. The lowest BCUT2D eigenvalue weighted by Crippen LogP contribution is -2.29. The Bertz CT molecular complexity index is 569. The van der Waals surface area contributed by atoms with Gasteiger partial charge in [0.2, 0.25) is 0 Å². The van der Waals surface area contributed by atoms with Crippen molar-refractivity contribution < 1.29 is 9.47 Å². The molecule has 0 spiro atoms. The van der Waals surface area contributed by atoms with Gasteiger partial charge in [0, 0.05) is 6.04 Å². The van der Waals surface area contributed by atoms with Crippen molar-refractivity contribution in [3.63, 3.8) is 0 Å². The largest absolute Gasteiger partial charge is 0.493 e. The minimum atomic E-state index is 0.461. The van der Waals surface area contributed by atoms with Crippen molar-refractivity contribution >= 4 is 0 Å². The molecule has 0 aliphatic heterocycles. The van der Waals surface area contributed by atoms with E-state index in [1.807, 2.05) is 12.1 Å². The lowest BCUT2D eigenvalue weighted by molar-refractivity contribution is 0.354. The van der Waals surface area contributed by atoms with Gasteiger partial charge in [0.25, 0.3) is 0 Å². The zero-order valence-corrected chi connectivity index (χ0v) is 13.6. The van der Waals surface area contributed by atoms with E-state index in [4.69, 9.17) is 9.47 Å². The van der Waals surface area contributed by atoms with Crippen LogP contribution in [0.5, 0.6) is 11.5 Å². The molecule has 0 amide bonds. The fourth-order valence-electron chi connectivity index (χ4n) is 2.54. The highest BCUT2D eigenvalue weighted by Crippen LogP contribution is 2.27. The molecule has 0 bridgehead atoms. The first-order valence-electron chi connectivity index (χ1n) is 7.71. The molecule has 22 heavy (non-hydrogen) atoms. The molecular weight excluding hydrogens is 274 g/mol. The van der Waals surface area contributed by atoms with Gasteiger partial charge in [-0.25, -0.2) is 0 Å². The highest BCUT2D eigenvalue weighted by molar-refractivity contribution is 5.42. The van der Waals surface area contributed by atoms with Crippen molar-refractivity contribution in [3.8, 4) is 11.5 Å². The first kappa shape index (κ1) is 16.4. The first-order valence-corrected chi connectivity index (χ1v) is 7.71. The van der Waals surface area contributed by atoms with E-state index in [1.165, 1.54) is 11.1 Å². The SMILES string of the molecule is COc1ccc(CCN[C@@H](C)Cc2ccccc2)cc1OC. The number of benzene rings is 2. The van der Waals surface area contributed by atoms with Crippen LogP contribution in [-0.4, -0.2) is 26.8 Å². The Labute approximate surface area is 133 Å². The molecule has 0 unspecified atom stereocenters. The normalized spacial score (nSPS) is 12.0. The summed E-state index contributed by atoms with van der Waals surface area (Å²) in [5.74, 6) is 1.56. The van der Waals surface area contributed by atoms with Crippen LogP contribution in [-0.2, 0) is 12.8 Å². The van der Waals surface area contributed by atoms with Crippen LogP contribution in [0.3, 0.4) is 0 Å². The standard InChI is InChI=1S/C19H25NO2/c1-15(13-16-7-5-4-6-8-16)20-12-11-17-9-10-18(21-2)19(14-17)22-3/h4-10,14-15,20H,11-13H2,1-3H3/t15-/m0/s1. The molecule has 0 aliphatic carbocycles. The third-order valence-corrected chi connectivity index (χ3v) is 3.74. The van der Waals surface area contributed by atoms with E-state index in [0.717, 1.165) is 30.9 Å². The lowest BCUT2D eigenvalue weighted by Gasteiger charge is -2.14. The second-order valence-corrected chi connectivity index (χ2v) is 5.48. The Morgan fingerprint density at radius 1 is 0.909 bits per heavy atom. The number of ether oxygens (including phenoxy) is 2. The number of nitrogens with one attached hydrogen (secondary N) is 1. The van der Waals surface area contributed by atoms with Gasteiger partial charge < -0.3 is 14.8 Å². The van der Waals surface area contributed by atoms with Crippen LogP contribution in [0.25, 0.3) is 0 Å². The predicted octanol–water partition coefficient (Wildman–Crippen LogP) is 3.47. The first-order chi connectivity index (χ1) is 10.7. The lowest BCUT2D eigenvalue weighted by atomic mass is 10.1. The van der Waals surface area contributed by atoms with E-state index in [2.05, 4.69) is 48.6 Å². The second-order valence-electron chi connectivity index (χ2n) is 5.48. The summed E-state index contributed by atoms with van der Waals surface area (Å²) in [6.07, 6.45) is 2.02. The average Bonchev–Trinajstić information content (AvgIpc) is 2.55. The summed E-state index contributed by atoms with van der Waals surface area (Å²) in [6, 6.07) is 17.1. The molecule has 0 saturated heterocycles. The third-order valence-electron chi connectivity index (χ3n) is 3.74. The van der Waals surface area contributed by atoms with E-state index >= 15 is 0 Å². The van der Waals surface area contributed by atoms with Gasteiger partial charge in [-0.1, -0.05) is 36.4 Å². The van der Waals surface area contributed by atoms with Crippen LogP contribution in [0.4, 0.5) is 0 Å². The van der Waals surface area contributed by atoms with Crippen molar-refractivity contribution in [2.45, 2.75) is 25.8 Å². The van der Waals surface area contributed by atoms with Gasteiger partial charge >= 0.3 is 0 Å². The van der Waals surface area contributed by atoms with E-state index in [1.54, 1.807) is 14.2 Å². The quantitative estimate of drug-likeness (QED) is 0.809. The van der Waals surface area contributed by atoms with Crippen LogP contribution < -0.4 is 14.8 Å². The highest BCUT2D eigenvalue weighted by atomic mass is 16.5. The Kier molecular flexibility index (Phi) is 6.28. The van der Waals surface area contributed by atoms with Crippen molar-refractivity contribution in [2.24, 2.45) is 0 Å². The molecule has 1 atom stereocenters. The van der Waals surface area contributed by atoms with E-state index < -0.39 is 0 Å². The zero-order valence-electron chi connectivity index (χ0n) is 13.6. The molecule has 118 valence electrons. The monoisotopic (exact) mass is 299 g/mol. The summed E-state index contributed by atoms with van der Waals surface area (Å²) in [7, 11) is 3.33. The molecule has 0 fully saturated rings. The summed E-state index contributed by atoms with van der Waals surface area (Å²) in [5.41, 5.74) is 2.62. The fourth-order valence-corrected chi connectivity index (χ4v) is 2.54. The van der Waals surface area contributed by atoms with Crippen LogP contribution in [0.2, 0.25) is 0 Å². The van der Waals surface area contributed by atoms with E-state index in [9.17, 15) is 0 Å². The Hall–Kier alpha value is -2.00. The Morgan fingerprint density at radius 2 is 1.64 bits per heavy atom. The molecule has 3 nitrogen and oxygen atoms in total. The molecule has 2 aromatic carbocycles. The Morgan fingerprint density at radius 3 is 2.32 bits per heavy atom. The van der Waals surface area contributed by atoms with Gasteiger partial charge in [0.15, 0.2) is 11.5 Å². The molecule has 0 aromatic heterocycles. The van der Waals surface area contributed by atoms with Crippen molar-refractivity contribution in [1.29, 1.82) is 0 Å². The molecule has 2 aromatic rings. The zero-order chi connectivity index (χ0) is 15.8. The summed E-state index contributed by atoms with van der Waals surface area (Å²) >= 11 is 0. The van der Waals surface area contributed by atoms with Crippen molar-refractivity contribution in [1.82, 2.24) is 5.32 Å². The maximum Gasteiger partial charge on any atom is 0.160 e. The number of rotatable bonds is 8. The molecule has 2 rings (SSSR count). The number of hydrogen-bond acceptors (Lipinski definition) is 3. The fraction of sp³-hybridized carbons (Fsp3) is 0.368. The maximum atomic E-state index is 5.34. The van der Waals surface area contributed by atoms with Crippen molar-refractivity contribution in [2.75, 3.05) is 20.8 Å². The van der Waals surface area contributed by atoms with E-state index in [0.29, 0.717) is 6.04 Å². The Balaban J connectivity index is 1.81. The molecule has 1 N–H and O–H groups in total. The van der Waals surface area contributed by atoms with Gasteiger partial charge in [0.05, 0.1) is 14.2 Å². The maximum absolute atomic E-state index is 5.34. The third kappa shape index (κ3) is 4.78. The van der Waals surface area contributed by atoms with Crippen LogP contribution in [0.1, 0.15) is 18.1 Å². The van der Waals surface area contributed by atoms with Crippen LogP contribution in [0.15, 0.2) is 48.5 Å². The van der Waals surface area contributed by atoms with Gasteiger partial charge in [-0.2, -0.15) is 0 Å².